The van der Waals surface area contributed by atoms with Crippen LogP contribution in [0.5, 0.6) is 11.5 Å². The second-order valence-electron chi connectivity index (χ2n) is 3.46. The second kappa shape index (κ2) is 3.88. The van der Waals surface area contributed by atoms with Crippen LogP contribution in [0.4, 0.5) is 0 Å². The van der Waals surface area contributed by atoms with Crippen LogP contribution in [0.25, 0.3) is 0 Å². The summed E-state index contributed by atoms with van der Waals surface area (Å²) in [6.07, 6.45) is 0. The summed E-state index contributed by atoms with van der Waals surface area (Å²) in [7, 11) is 3.36. The topological polar surface area (TPSA) is 30.5 Å². The third-order valence-corrected chi connectivity index (χ3v) is 2.66. The van der Waals surface area contributed by atoms with Crippen molar-refractivity contribution in [3.8, 4) is 11.5 Å². The third-order valence-electron chi connectivity index (χ3n) is 2.66. The lowest BCUT2D eigenvalue weighted by molar-refractivity contribution is 0.375. The molecule has 0 atom stereocenters. The minimum Gasteiger partial charge on any atom is -0.497 e. The van der Waals surface area contributed by atoms with Crippen LogP contribution in [-0.2, 0) is 0 Å². The highest BCUT2D eigenvalue weighted by Crippen LogP contribution is 2.32. The van der Waals surface area contributed by atoms with E-state index in [2.05, 4.69) is 11.4 Å². The van der Waals surface area contributed by atoms with Crippen molar-refractivity contribution < 1.29 is 9.47 Å². The third kappa shape index (κ3) is 1.55. The van der Waals surface area contributed by atoms with Crippen LogP contribution < -0.4 is 14.8 Å². The summed E-state index contributed by atoms with van der Waals surface area (Å²) >= 11 is 0. The van der Waals surface area contributed by atoms with Crippen molar-refractivity contribution in [3.05, 3.63) is 23.8 Å². The minimum absolute atomic E-state index is 0.593. The van der Waals surface area contributed by atoms with Gasteiger partial charge < -0.3 is 14.8 Å². The molecule has 0 amide bonds. The summed E-state index contributed by atoms with van der Waals surface area (Å²) < 4.78 is 10.5. The molecule has 1 aromatic carbocycles. The van der Waals surface area contributed by atoms with E-state index in [-0.39, 0.29) is 0 Å². The molecule has 3 nitrogen and oxygen atoms in total. The first kappa shape index (κ1) is 9.34. The van der Waals surface area contributed by atoms with E-state index in [1.165, 1.54) is 5.56 Å². The van der Waals surface area contributed by atoms with Crippen molar-refractivity contribution in [2.24, 2.45) is 0 Å². The van der Waals surface area contributed by atoms with Gasteiger partial charge in [-0.2, -0.15) is 0 Å². The highest BCUT2D eigenvalue weighted by molar-refractivity contribution is 5.43. The molecule has 3 heteroatoms. The Kier molecular flexibility index (Phi) is 2.59. The summed E-state index contributed by atoms with van der Waals surface area (Å²) in [6.45, 7) is 2.09. The van der Waals surface area contributed by atoms with Gasteiger partial charge in [0.25, 0.3) is 0 Å². The van der Waals surface area contributed by atoms with Gasteiger partial charge in [-0.15, -0.1) is 0 Å². The maximum Gasteiger partial charge on any atom is 0.126 e. The zero-order chi connectivity index (χ0) is 9.97. The fourth-order valence-corrected chi connectivity index (χ4v) is 1.66. The van der Waals surface area contributed by atoms with Crippen LogP contribution in [0.3, 0.4) is 0 Å². The number of ether oxygens (including phenoxy) is 2. The highest BCUT2D eigenvalue weighted by Gasteiger charge is 2.22. The number of rotatable bonds is 3. The van der Waals surface area contributed by atoms with E-state index in [4.69, 9.17) is 9.47 Å². The van der Waals surface area contributed by atoms with Crippen LogP contribution >= 0.6 is 0 Å². The van der Waals surface area contributed by atoms with E-state index in [0.29, 0.717) is 5.92 Å². The lowest BCUT2D eigenvalue weighted by Crippen LogP contribution is -2.40. The van der Waals surface area contributed by atoms with Gasteiger partial charge in [0.2, 0.25) is 0 Å². The van der Waals surface area contributed by atoms with E-state index in [1.54, 1.807) is 14.2 Å². The van der Waals surface area contributed by atoms with E-state index >= 15 is 0 Å². The Morgan fingerprint density at radius 1 is 1.21 bits per heavy atom. The molecule has 1 aliphatic heterocycles. The van der Waals surface area contributed by atoms with Crippen molar-refractivity contribution in [1.82, 2.24) is 5.32 Å². The average molecular weight is 193 g/mol. The lowest BCUT2D eigenvalue weighted by Gasteiger charge is -2.28. The van der Waals surface area contributed by atoms with Gasteiger partial charge in [0.1, 0.15) is 11.5 Å². The Bertz CT molecular complexity index is 321. The number of nitrogens with one attached hydrogen (secondary N) is 1. The summed E-state index contributed by atoms with van der Waals surface area (Å²) in [5.41, 5.74) is 1.27. The maximum absolute atomic E-state index is 5.34. The monoisotopic (exact) mass is 193 g/mol. The fraction of sp³-hybridized carbons (Fsp3) is 0.455. The summed E-state index contributed by atoms with van der Waals surface area (Å²) in [5.74, 6) is 2.37. The number of methoxy groups -OCH3 is 2. The first-order valence-electron chi connectivity index (χ1n) is 4.78. The van der Waals surface area contributed by atoms with E-state index < -0.39 is 0 Å². The van der Waals surface area contributed by atoms with Crippen molar-refractivity contribution in [2.75, 3.05) is 27.3 Å². The maximum atomic E-state index is 5.34. The van der Waals surface area contributed by atoms with Crippen LogP contribution in [0.15, 0.2) is 18.2 Å². The first-order chi connectivity index (χ1) is 6.85. The molecule has 0 radical (unpaired) electrons. The van der Waals surface area contributed by atoms with Crippen LogP contribution in [0, 0.1) is 0 Å². The summed E-state index contributed by atoms with van der Waals surface area (Å²) in [5, 5.41) is 3.25. The van der Waals surface area contributed by atoms with E-state index in [9.17, 15) is 0 Å². The Balaban J connectivity index is 2.29. The SMILES string of the molecule is COc1ccc(C2CNC2)c(OC)c1. The number of hydrogen-bond acceptors (Lipinski definition) is 3. The average Bonchev–Trinajstić information content (AvgIpc) is 2.16. The Labute approximate surface area is 84.0 Å². The van der Waals surface area contributed by atoms with Crippen LogP contribution in [0.1, 0.15) is 11.5 Å². The van der Waals surface area contributed by atoms with E-state index in [0.717, 1.165) is 24.6 Å². The summed E-state index contributed by atoms with van der Waals surface area (Å²) in [6, 6.07) is 6.01. The molecule has 0 saturated carbocycles. The molecule has 0 aromatic heterocycles. The predicted molar refractivity (Wildman–Crippen MR) is 55.2 cm³/mol. The summed E-state index contributed by atoms with van der Waals surface area (Å²) in [4.78, 5) is 0. The molecular weight excluding hydrogens is 178 g/mol. The van der Waals surface area contributed by atoms with Crippen LogP contribution in [0.2, 0.25) is 0 Å². The number of benzene rings is 1. The quantitative estimate of drug-likeness (QED) is 0.787. The standard InChI is InChI=1S/C11H15NO2/c1-13-9-3-4-10(8-6-12-7-8)11(5-9)14-2/h3-5,8,12H,6-7H2,1-2H3. The normalized spacial score (nSPS) is 16.1. The molecule has 76 valence electrons. The predicted octanol–water partition coefficient (Wildman–Crippen LogP) is 1.39. The van der Waals surface area contributed by atoms with Crippen molar-refractivity contribution in [1.29, 1.82) is 0 Å². The lowest BCUT2D eigenvalue weighted by atomic mass is 9.93. The zero-order valence-electron chi connectivity index (χ0n) is 8.54. The van der Waals surface area contributed by atoms with Gasteiger partial charge in [0.15, 0.2) is 0 Å². The Morgan fingerprint density at radius 2 is 2.00 bits per heavy atom. The molecule has 0 unspecified atom stereocenters. The molecule has 1 heterocycles. The molecule has 14 heavy (non-hydrogen) atoms. The Hall–Kier alpha value is -1.22. The van der Waals surface area contributed by atoms with Gasteiger partial charge in [-0.05, 0) is 11.6 Å². The van der Waals surface area contributed by atoms with Crippen molar-refractivity contribution in [2.45, 2.75) is 5.92 Å². The highest BCUT2D eigenvalue weighted by atomic mass is 16.5. The zero-order valence-corrected chi connectivity index (χ0v) is 8.54. The van der Waals surface area contributed by atoms with Gasteiger partial charge in [0, 0.05) is 25.1 Å². The van der Waals surface area contributed by atoms with Crippen molar-refractivity contribution in [3.63, 3.8) is 0 Å². The Morgan fingerprint density at radius 3 is 2.50 bits per heavy atom. The van der Waals surface area contributed by atoms with Crippen LogP contribution in [-0.4, -0.2) is 27.3 Å². The molecular formula is C11H15NO2. The largest absolute Gasteiger partial charge is 0.497 e. The molecule has 1 saturated heterocycles. The number of hydrogen-bond donors (Lipinski definition) is 1. The molecule has 1 fully saturated rings. The molecule has 1 aromatic rings. The molecule has 1 N–H and O–H groups in total. The fourth-order valence-electron chi connectivity index (χ4n) is 1.66. The molecule has 2 rings (SSSR count). The molecule has 1 aliphatic rings. The molecule has 0 bridgehead atoms. The minimum atomic E-state index is 0.593. The van der Waals surface area contributed by atoms with Gasteiger partial charge in [-0.3, -0.25) is 0 Å². The van der Waals surface area contributed by atoms with E-state index in [1.807, 2.05) is 12.1 Å². The molecule has 0 spiro atoms. The van der Waals surface area contributed by atoms with Gasteiger partial charge >= 0.3 is 0 Å². The van der Waals surface area contributed by atoms with Gasteiger partial charge in [-0.25, -0.2) is 0 Å². The second-order valence-corrected chi connectivity index (χ2v) is 3.46. The smallest absolute Gasteiger partial charge is 0.126 e. The van der Waals surface area contributed by atoms with Gasteiger partial charge in [-0.1, -0.05) is 6.07 Å². The van der Waals surface area contributed by atoms with Crippen molar-refractivity contribution >= 4 is 0 Å². The first-order valence-corrected chi connectivity index (χ1v) is 4.78. The molecule has 0 aliphatic carbocycles. The van der Waals surface area contributed by atoms with Gasteiger partial charge in [0.05, 0.1) is 14.2 Å².